The van der Waals surface area contributed by atoms with Crippen molar-refractivity contribution in [2.24, 2.45) is 0 Å². The van der Waals surface area contributed by atoms with Gasteiger partial charge in [-0.1, -0.05) is 40.2 Å². The molecule has 1 aliphatic heterocycles. The third-order valence-electron chi connectivity index (χ3n) is 4.61. The number of hydrogen-bond donors (Lipinski definition) is 2. The fraction of sp³-hybridized carbons (Fsp3) is 0.211. The second kappa shape index (κ2) is 7.63. The molecular weight excluding hydrogens is 444 g/mol. The van der Waals surface area contributed by atoms with Crippen molar-refractivity contribution >= 4 is 45.2 Å². The quantitative estimate of drug-likeness (QED) is 0.403. The first-order valence-corrected chi connectivity index (χ1v) is 9.37. The Balaban J connectivity index is 1.80. The topological polar surface area (TPSA) is 122 Å². The molecule has 29 heavy (non-hydrogen) atoms. The number of nitro benzene ring substituents is 1. The van der Waals surface area contributed by atoms with Crippen molar-refractivity contribution in [3.05, 3.63) is 68.2 Å². The molecule has 0 saturated carbocycles. The molecule has 10 heteroatoms. The van der Waals surface area contributed by atoms with E-state index in [4.69, 9.17) is 0 Å². The van der Waals surface area contributed by atoms with E-state index in [1.165, 1.54) is 12.1 Å². The molecule has 2 aromatic carbocycles. The van der Waals surface area contributed by atoms with Crippen LogP contribution in [0.3, 0.4) is 0 Å². The number of carbonyl (C=O) groups is 3. The minimum absolute atomic E-state index is 0.00813. The molecule has 1 heterocycles. The Morgan fingerprint density at radius 2 is 1.97 bits per heavy atom. The van der Waals surface area contributed by atoms with E-state index in [0.29, 0.717) is 15.6 Å². The van der Waals surface area contributed by atoms with Crippen molar-refractivity contribution in [2.45, 2.75) is 19.4 Å². The maximum atomic E-state index is 12.9. The summed E-state index contributed by atoms with van der Waals surface area (Å²) in [6.45, 7) is 2.67. The number of aryl methyl sites for hydroxylation is 1. The van der Waals surface area contributed by atoms with Gasteiger partial charge in [0.2, 0.25) is 5.91 Å². The first-order valence-electron chi connectivity index (χ1n) is 8.57. The minimum atomic E-state index is -1.34. The summed E-state index contributed by atoms with van der Waals surface area (Å²) in [6.07, 6.45) is 0. The summed E-state index contributed by atoms with van der Waals surface area (Å²) in [6, 6.07) is 10.6. The van der Waals surface area contributed by atoms with Crippen LogP contribution in [0.15, 0.2) is 46.9 Å². The van der Waals surface area contributed by atoms with Crippen LogP contribution in [-0.2, 0) is 15.1 Å². The lowest BCUT2D eigenvalue weighted by molar-refractivity contribution is -0.384. The number of nitrogens with zero attached hydrogens (tertiary/aromatic N) is 2. The highest BCUT2D eigenvalue weighted by atomic mass is 79.9. The number of nitro groups is 1. The average molecular weight is 461 g/mol. The number of imide groups is 1. The lowest BCUT2D eigenvalue weighted by atomic mass is 9.92. The van der Waals surface area contributed by atoms with E-state index in [2.05, 4.69) is 26.6 Å². The zero-order valence-corrected chi connectivity index (χ0v) is 17.1. The number of amides is 4. The van der Waals surface area contributed by atoms with Gasteiger partial charge in [0.1, 0.15) is 17.8 Å². The molecule has 1 aliphatic rings. The zero-order chi connectivity index (χ0) is 21.3. The SMILES string of the molecule is Cc1ccc(NC(=O)CN2C(=O)N[C@](C)(c3ccccc3Br)C2=O)c([N+](=O)[O-])c1. The molecule has 0 aromatic heterocycles. The first-order chi connectivity index (χ1) is 13.6. The van der Waals surface area contributed by atoms with Crippen LogP contribution in [0.25, 0.3) is 0 Å². The molecule has 1 fully saturated rings. The highest BCUT2D eigenvalue weighted by Gasteiger charge is 2.50. The van der Waals surface area contributed by atoms with E-state index >= 15 is 0 Å². The van der Waals surface area contributed by atoms with Crippen molar-refractivity contribution < 1.29 is 19.3 Å². The molecule has 9 nitrogen and oxygen atoms in total. The second-order valence-corrected chi connectivity index (χ2v) is 7.61. The number of halogens is 1. The highest BCUT2D eigenvalue weighted by Crippen LogP contribution is 2.33. The molecule has 1 atom stereocenters. The highest BCUT2D eigenvalue weighted by molar-refractivity contribution is 9.10. The van der Waals surface area contributed by atoms with Crippen molar-refractivity contribution in [1.29, 1.82) is 0 Å². The summed E-state index contributed by atoms with van der Waals surface area (Å²) in [7, 11) is 0. The Morgan fingerprint density at radius 1 is 1.28 bits per heavy atom. The predicted molar refractivity (Wildman–Crippen MR) is 108 cm³/mol. The van der Waals surface area contributed by atoms with Crippen LogP contribution in [0.4, 0.5) is 16.2 Å². The van der Waals surface area contributed by atoms with E-state index in [-0.39, 0.29) is 11.4 Å². The lowest BCUT2D eigenvalue weighted by Gasteiger charge is -2.23. The van der Waals surface area contributed by atoms with E-state index < -0.39 is 34.9 Å². The standard InChI is InChI=1S/C19H17BrN4O5/c1-11-7-8-14(15(9-11)24(28)29)21-16(25)10-23-17(26)19(2,22-18(23)27)12-5-3-4-6-13(12)20/h3-9H,10H2,1-2H3,(H,21,25)(H,22,27)/t19-/m1/s1. The summed E-state index contributed by atoms with van der Waals surface area (Å²) in [5, 5.41) is 16.2. The fourth-order valence-electron chi connectivity index (χ4n) is 3.12. The molecule has 2 N–H and O–H groups in total. The van der Waals surface area contributed by atoms with Crippen LogP contribution in [0.1, 0.15) is 18.1 Å². The zero-order valence-electron chi connectivity index (χ0n) is 15.6. The Bertz CT molecular complexity index is 1040. The van der Waals surface area contributed by atoms with Crippen LogP contribution < -0.4 is 10.6 Å². The van der Waals surface area contributed by atoms with Gasteiger partial charge >= 0.3 is 6.03 Å². The van der Waals surface area contributed by atoms with Gasteiger partial charge in [-0.2, -0.15) is 0 Å². The Kier molecular flexibility index (Phi) is 5.38. The van der Waals surface area contributed by atoms with Crippen LogP contribution in [0, 0.1) is 17.0 Å². The number of hydrogen-bond acceptors (Lipinski definition) is 5. The maximum Gasteiger partial charge on any atom is 0.325 e. The Labute approximate surface area is 174 Å². The van der Waals surface area contributed by atoms with Gasteiger partial charge in [-0.3, -0.25) is 24.6 Å². The van der Waals surface area contributed by atoms with E-state index in [0.717, 1.165) is 4.90 Å². The largest absolute Gasteiger partial charge is 0.325 e. The summed E-state index contributed by atoms with van der Waals surface area (Å²) >= 11 is 3.37. The monoisotopic (exact) mass is 460 g/mol. The number of nitrogens with one attached hydrogen (secondary N) is 2. The smallest absolute Gasteiger partial charge is 0.319 e. The van der Waals surface area contributed by atoms with Crippen molar-refractivity contribution in [2.75, 3.05) is 11.9 Å². The minimum Gasteiger partial charge on any atom is -0.319 e. The van der Waals surface area contributed by atoms with Crippen molar-refractivity contribution in [3.63, 3.8) is 0 Å². The van der Waals surface area contributed by atoms with E-state index in [1.807, 2.05) is 0 Å². The fourth-order valence-corrected chi connectivity index (χ4v) is 3.80. The number of anilines is 1. The molecule has 1 saturated heterocycles. The maximum absolute atomic E-state index is 12.9. The van der Waals surface area contributed by atoms with Gasteiger partial charge in [-0.25, -0.2) is 4.79 Å². The number of carbonyl (C=O) groups excluding carboxylic acids is 3. The average Bonchev–Trinajstić information content (AvgIpc) is 2.87. The van der Waals surface area contributed by atoms with Gasteiger partial charge in [-0.15, -0.1) is 0 Å². The third-order valence-corrected chi connectivity index (χ3v) is 5.30. The van der Waals surface area contributed by atoms with Gasteiger partial charge < -0.3 is 10.6 Å². The summed E-state index contributed by atoms with van der Waals surface area (Å²) in [5.74, 6) is -1.32. The third kappa shape index (κ3) is 3.83. The van der Waals surface area contributed by atoms with Gasteiger partial charge in [0.15, 0.2) is 0 Å². The van der Waals surface area contributed by atoms with Crippen LogP contribution >= 0.6 is 15.9 Å². The molecule has 0 radical (unpaired) electrons. The molecule has 2 aromatic rings. The number of benzene rings is 2. The van der Waals surface area contributed by atoms with Crippen molar-refractivity contribution in [3.8, 4) is 0 Å². The van der Waals surface area contributed by atoms with Crippen molar-refractivity contribution in [1.82, 2.24) is 10.2 Å². The van der Waals surface area contributed by atoms with Crippen LogP contribution in [-0.4, -0.2) is 34.2 Å². The lowest BCUT2D eigenvalue weighted by Crippen LogP contribution is -2.42. The van der Waals surface area contributed by atoms with Gasteiger partial charge in [0.05, 0.1) is 4.92 Å². The predicted octanol–water partition coefficient (Wildman–Crippen LogP) is 3.07. The Morgan fingerprint density at radius 3 is 2.62 bits per heavy atom. The molecule has 0 bridgehead atoms. The first kappa shape index (κ1) is 20.5. The van der Waals surface area contributed by atoms with Crippen LogP contribution in [0.2, 0.25) is 0 Å². The van der Waals surface area contributed by atoms with Gasteiger partial charge in [0.25, 0.3) is 11.6 Å². The Hall–Kier alpha value is -3.27. The van der Waals surface area contributed by atoms with E-state index in [1.54, 1.807) is 44.2 Å². The normalized spacial score (nSPS) is 18.5. The number of rotatable bonds is 5. The van der Waals surface area contributed by atoms with E-state index in [9.17, 15) is 24.5 Å². The van der Waals surface area contributed by atoms with Gasteiger partial charge in [-0.05, 0) is 31.5 Å². The molecule has 0 spiro atoms. The molecule has 150 valence electrons. The molecular formula is C19H17BrN4O5. The summed E-state index contributed by atoms with van der Waals surface area (Å²) in [5.41, 5.74) is -0.406. The summed E-state index contributed by atoms with van der Waals surface area (Å²) < 4.78 is 0.637. The van der Waals surface area contributed by atoms with Gasteiger partial charge in [0, 0.05) is 16.1 Å². The molecule has 4 amide bonds. The molecule has 0 unspecified atom stereocenters. The summed E-state index contributed by atoms with van der Waals surface area (Å²) in [4.78, 5) is 49.1. The molecule has 3 rings (SSSR count). The number of urea groups is 1. The van der Waals surface area contributed by atoms with Crippen LogP contribution in [0.5, 0.6) is 0 Å². The second-order valence-electron chi connectivity index (χ2n) is 6.75. The molecule has 0 aliphatic carbocycles.